The molecule has 2 aliphatic rings. The lowest BCUT2D eigenvalue weighted by Gasteiger charge is -2.45. The van der Waals surface area contributed by atoms with Gasteiger partial charge in [-0.2, -0.15) is 0 Å². The molecule has 2 fully saturated rings. The van der Waals surface area contributed by atoms with E-state index < -0.39 is 5.60 Å². The average Bonchev–Trinajstić information content (AvgIpc) is 3.71. The number of hydrogen-bond donors (Lipinski definition) is 2. The van der Waals surface area contributed by atoms with Crippen LogP contribution in [0.4, 0.5) is 11.5 Å². The van der Waals surface area contributed by atoms with Gasteiger partial charge in [-0.1, -0.05) is 46.9 Å². The Labute approximate surface area is 232 Å². The minimum Gasteiger partial charge on any atom is -0.384 e. The summed E-state index contributed by atoms with van der Waals surface area (Å²) in [6.07, 6.45) is 3.47. The fourth-order valence-corrected chi connectivity index (χ4v) is 5.53. The summed E-state index contributed by atoms with van der Waals surface area (Å²) in [5.74, 6) is 0.546. The molecule has 2 N–H and O–H groups in total. The van der Waals surface area contributed by atoms with E-state index in [1.54, 1.807) is 31.3 Å². The number of nitrogens with one attached hydrogen (secondary N) is 1. The van der Waals surface area contributed by atoms with Crippen molar-refractivity contribution in [1.82, 2.24) is 9.88 Å². The molecule has 2 heterocycles. The predicted molar refractivity (Wildman–Crippen MR) is 150 cm³/mol. The summed E-state index contributed by atoms with van der Waals surface area (Å²) in [5, 5.41) is 16.3. The summed E-state index contributed by atoms with van der Waals surface area (Å²) < 4.78 is 0. The summed E-state index contributed by atoms with van der Waals surface area (Å²) >= 11 is 18.9. The molecule has 2 atom stereocenters. The number of rotatable bonds is 7. The van der Waals surface area contributed by atoms with Crippen molar-refractivity contribution >= 4 is 52.2 Å². The standard InChI is InChI=1S/C28H29Cl3N4O2/c1-28(37,20-10-11-32-26(14-20)33-27(36)19-2-3-19)17-34-12-13-35(24-9-8-22(30)15-23(24)31)25(16-34)18-4-6-21(29)7-5-18/h4-11,14-15,19,25,37H,2-3,12-13,16-17H2,1H3,(H,32,33,36)/t25-,28-/m0/s1. The van der Waals surface area contributed by atoms with Crippen LogP contribution in [0.3, 0.4) is 0 Å². The van der Waals surface area contributed by atoms with Crippen molar-refractivity contribution in [3.05, 3.63) is 87.0 Å². The number of nitrogens with zero attached hydrogens (tertiary/aromatic N) is 3. The lowest BCUT2D eigenvalue weighted by Crippen LogP contribution is -2.52. The lowest BCUT2D eigenvalue weighted by molar-refractivity contribution is -0.117. The van der Waals surface area contributed by atoms with Crippen molar-refractivity contribution in [3.63, 3.8) is 0 Å². The lowest BCUT2D eigenvalue weighted by atomic mass is 9.94. The van der Waals surface area contributed by atoms with Crippen LogP contribution in [0.15, 0.2) is 60.8 Å². The predicted octanol–water partition coefficient (Wildman–Crippen LogP) is 6.16. The molecule has 0 unspecified atom stereocenters. The van der Waals surface area contributed by atoms with Gasteiger partial charge in [-0.15, -0.1) is 0 Å². The minimum absolute atomic E-state index is 0.00733. The van der Waals surface area contributed by atoms with E-state index >= 15 is 0 Å². The maximum Gasteiger partial charge on any atom is 0.228 e. The Morgan fingerprint density at radius 3 is 2.49 bits per heavy atom. The van der Waals surface area contributed by atoms with E-state index in [2.05, 4.69) is 20.1 Å². The second-order valence-electron chi connectivity index (χ2n) is 10.1. The first-order valence-electron chi connectivity index (χ1n) is 12.4. The molecule has 1 aliphatic heterocycles. The molecule has 1 aromatic heterocycles. The van der Waals surface area contributed by atoms with E-state index in [1.807, 2.05) is 36.4 Å². The Kier molecular flexibility index (Phi) is 7.66. The summed E-state index contributed by atoms with van der Waals surface area (Å²) in [6.45, 7) is 4.33. The maximum atomic E-state index is 12.2. The number of β-amino-alcohol motifs (C(OH)–C–C–N with tert-alkyl or cyclic N) is 1. The third-order valence-corrected chi connectivity index (χ3v) is 7.84. The van der Waals surface area contributed by atoms with Crippen LogP contribution < -0.4 is 10.2 Å². The van der Waals surface area contributed by atoms with Crippen LogP contribution in [0.2, 0.25) is 15.1 Å². The molecule has 0 spiro atoms. The number of hydrogen-bond acceptors (Lipinski definition) is 5. The molecule has 1 aliphatic carbocycles. The van der Waals surface area contributed by atoms with Gasteiger partial charge in [0.1, 0.15) is 5.82 Å². The van der Waals surface area contributed by atoms with Gasteiger partial charge in [-0.3, -0.25) is 9.69 Å². The molecule has 1 saturated heterocycles. The first kappa shape index (κ1) is 26.3. The van der Waals surface area contributed by atoms with Gasteiger partial charge in [0.25, 0.3) is 0 Å². The first-order chi connectivity index (χ1) is 17.7. The Morgan fingerprint density at radius 1 is 1.05 bits per heavy atom. The van der Waals surface area contributed by atoms with Crippen molar-refractivity contribution < 1.29 is 9.90 Å². The van der Waals surface area contributed by atoms with E-state index in [1.165, 1.54) is 0 Å². The van der Waals surface area contributed by atoms with Crippen LogP contribution in [-0.4, -0.2) is 47.1 Å². The minimum atomic E-state index is -1.15. The largest absolute Gasteiger partial charge is 0.384 e. The smallest absolute Gasteiger partial charge is 0.228 e. The molecule has 0 bridgehead atoms. The number of carbonyl (C=O) groups excluding carboxylic acids is 1. The van der Waals surface area contributed by atoms with E-state index in [9.17, 15) is 9.90 Å². The molecular formula is C28H29Cl3N4O2. The SMILES string of the molecule is C[C@](O)(CN1CCN(c2ccc(Cl)cc2Cl)[C@H](c2ccc(Cl)cc2)C1)c1ccnc(NC(=O)C2CC2)c1. The van der Waals surface area contributed by atoms with Crippen LogP contribution in [0.5, 0.6) is 0 Å². The number of piperazine rings is 1. The third kappa shape index (κ3) is 6.21. The normalized spacial score (nSPS) is 19.9. The van der Waals surface area contributed by atoms with E-state index in [4.69, 9.17) is 34.8 Å². The first-order valence-corrected chi connectivity index (χ1v) is 13.5. The number of aromatic nitrogens is 1. The highest BCUT2D eigenvalue weighted by Gasteiger charge is 2.35. The molecule has 1 amide bonds. The monoisotopic (exact) mass is 558 g/mol. The van der Waals surface area contributed by atoms with E-state index in [-0.39, 0.29) is 17.9 Å². The molecule has 1 saturated carbocycles. The van der Waals surface area contributed by atoms with Crippen molar-refractivity contribution in [3.8, 4) is 0 Å². The Bertz CT molecular complexity index is 1280. The second kappa shape index (κ2) is 10.8. The molecule has 9 heteroatoms. The molecule has 194 valence electrons. The number of pyridine rings is 1. The van der Waals surface area contributed by atoms with Crippen LogP contribution in [0.1, 0.15) is 36.9 Å². The fourth-order valence-electron chi connectivity index (χ4n) is 4.89. The topological polar surface area (TPSA) is 68.7 Å². The molecular weight excluding hydrogens is 531 g/mol. The van der Waals surface area contributed by atoms with Gasteiger partial charge in [0.05, 0.1) is 22.4 Å². The van der Waals surface area contributed by atoms with Gasteiger partial charge in [0.2, 0.25) is 5.91 Å². The quantitative estimate of drug-likeness (QED) is 0.363. The van der Waals surface area contributed by atoms with Gasteiger partial charge >= 0.3 is 0 Å². The Balaban J connectivity index is 1.36. The van der Waals surface area contributed by atoms with Crippen LogP contribution in [0.25, 0.3) is 0 Å². The molecule has 37 heavy (non-hydrogen) atoms. The van der Waals surface area contributed by atoms with Gasteiger partial charge in [0.15, 0.2) is 0 Å². The highest BCUT2D eigenvalue weighted by molar-refractivity contribution is 6.36. The molecule has 0 radical (unpaired) electrons. The van der Waals surface area contributed by atoms with Gasteiger partial charge in [-0.05, 0) is 73.4 Å². The molecule has 5 rings (SSSR count). The average molecular weight is 560 g/mol. The van der Waals surface area contributed by atoms with Crippen molar-refractivity contribution in [1.29, 1.82) is 0 Å². The van der Waals surface area contributed by atoms with Crippen molar-refractivity contribution in [2.24, 2.45) is 5.92 Å². The number of benzene rings is 2. The van der Waals surface area contributed by atoms with E-state index in [0.29, 0.717) is 46.1 Å². The van der Waals surface area contributed by atoms with Crippen LogP contribution in [-0.2, 0) is 10.4 Å². The number of aliphatic hydroxyl groups is 1. The summed E-state index contributed by atoms with van der Waals surface area (Å²) in [6, 6.07) is 17.0. The molecule has 3 aromatic rings. The third-order valence-electron chi connectivity index (χ3n) is 7.05. The van der Waals surface area contributed by atoms with Crippen LogP contribution in [0, 0.1) is 5.92 Å². The zero-order valence-corrected chi connectivity index (χ0v) is 22.8. The van der Waals surface area contributed by atoms with Crippen molar-refractivity contribution in [2.75, 3.05) is 36.4 Å². The summed E-state index contributed by atoms with van der Waals surface area (Å²) in [7, 11) is 0. The summed E-state index contributed by atoms with van der Waals surface area (Å²) in [4.78, 5) is 21.0. The van der Waals surface area contributed by atoms with Crippen molar-refractivity contribution in [2.45, 2.75) is 31.4 Å². The maximum absolute atomic E-state index is 12.2. The Hall–Kier alpha value is -2.35. The van der Waals surface area contributed by atoms with Gasteiger partial charge in [-0.25, -0.2) is 4.98 Å². The number of anilines is 2. The molecule has 2 aromatic carbocycles. The van der Waals surface area contributed by atoms with E-state index in [0.717, 1.165) is 30.6 Å². The molecule has 6 nitrogen and oxygen atoms in total. The Morgan fingerprint density at radius 2 is 1.78 bits per heavy atom. The summed E-state index contributed by atoms with van der Waals surface area (Å²) in [5.41, 5.74) is 1.59. The highest BCUT2D eigenvalue weighted by Crippen LogP contribution is 2.38. The zero-order chi connectivity index (χ0) is 26.2. The fraction of sp³-hybridized carbons (Fsp3) is 0.357. The number of carbonyl (C=O) groups is 1. The van der Waals surface area contributed by atoms with Gasteiger partial charge < -0.3 is 15.3 Å². The van der Waals surface area contributed by atoms with Gasteiger partial charge in [0, 0.05) is 48.3 Å². The van der Waals surface area contributed by atoms with Crippen LogP contribution >= 0.6 is 34.8 Å². The number of amides is 1. The highest BCUT2D eigenvalue weighted by atomic mass is 35.5. The number of halogens is 3. The zero-order valence-electron chi connectivity index (χ0n) is 20.5. The second-order valence-corrected chi connectivity index (χ2v) is 11.3.